The van der Waals surface area contributed by atoms with Crippen LogP contribution < -0.4 is 16.6 Å². The normalized spacial score (nSPS) is 10.7. The third-order valence-electron chi connectivity index (χ3n) is 0.448. The molecule has 5 N–H and O–H groups in total. The molecule has 0 aromatic rings. The number of hydrogen-bond acceptors (Lipinski definition) is 3. The summed E-state index contributed by atoms with van der Waals surface area (Å²) in [4.78, 5) is 10.1. The van der Waals surface area contributed by atoms with Gasteiger partial charge >= 0.3 is 0 Å². The van der Waals surface area contributed by atoms with Crippen LogP contribution in [-0.4, -0.2) is 17.1 Å². The number of nitrogens with two attached hydrogens (primary N) is 1. The molecule has 6 heteroatoms. The monoisotopic (exact) mass is 132 g/mol. The van der Waals surface area contributed by atoms with E-state index in [2.05, 4.69) is 5.10 Å². The van der Waals surface area contributed by atoms with Crippen LogP contribution >= 0.6 is 0 Å². The Morgan fingerprint density at radius 3 is 2.67 bits per heavy atom. The average Bonchev–Trinajstić information content (AvgIpc) is 1.83. The number of carbonyl (C=O) groups excluding carboxylic acids is 1. The summed E-state index contributed by atoms with van der Waals surface area (Å²) in [6, 6.07) is 0. The second-order valence-electron chi connectivity index (χ2n) is 1.28. The zero-order valence-corrected chi connectivity index (χ0v) is 4.88. The van der Waals surface area contributed by atoms with Gasteiger partial charge in [-0.15, -0.1) is 5.10 Å². The topological polar surface area (TPSA) is 99.7 Å². The molecule has 0 aromatic carbocycles. The van der Waals surface area contributed by atoms with Gasteiger partial charge in [-0.25, -0.2) is 10.9 Å². The Hall–Kier alpha value is -1.30. The number of amides is 1. The van der Waals surface area contributed by atoms with Crippen molar-refractivity contribution in [1.82, 2.24) is 10.9 Å². The molecule has 0 fully saturated rings. The largest absolute Gasteiger partial charge is 0.367 e. The summed E-state index contributed by atoms with van der Waals surface area (Å²) in [6.45, 7) is 1.27. The van der Waals surface area contributed by atoms with Crippen LogP contribution in [0.1, 0.15) is 6.92 Å². The maximum absolute atomic E-state index is 10.1. The summed E-state index contributed by atoms with van der Waals surface area (Å²) in [5, 5.41) is 11.2. The van der Waals surface area contributed by atoms with Gasteiger partial charge in [0.15, 0.2) is 0 Å². The number of hydrogen-bond donors (Lipinski definition) is 4. The lowest BCUT2D eigenvalue weighted by molar-refractivity contribution is -0.118. The number of carbonyl (C=O) groups is 1. The van der Waals surface area contributed by atoms with Gasteiger partial charge in [-0.1, -0.05) is 0 Å². The SMILES string of the molecule is CC(=O)NN=C(N)NO. The molecule has 0 saturated heterocycles. The number of rotatable bonds is 1. The van der Waals surface area contributed by atoms with E-state index in [1.54, 1.807) is 0 Å². The van der Waals surface area contributed by atoms with Crippen molar-refractivity contribution in [2.75, 3.05) is 0 Å². The molecule has 0 heterocycles. The Labute approximate surface area is 51.7 Å². The van der Waals surface area contributed by atoms with Crippen molar-refractivity contribution in [2.45, 2.75) is 6.92 Å². The molecule has 1 amide bonds. The van der Waals surface area contributed by atoms with Crippen molar-refractivity contribution in [3.05, 3.63) is 0 Å². The van der Waals surface area contributed by atoms with Crippen molar-refractivity contribution < 1.29 is 10.0 Å². The average molecular weight is 132 g/mol. The molecule has 6 nitrogen and oxygen atoms in total. The molecule has 0 aliphatic heterocycles. The van der Waals surface area contributed by atoms with Gasteiger partial charge in [-0.05, 0) is 0 Å². The molecule has 9 heavy (non-hydrogen) atoms. The van der Waals surface area contributed by atoms with E-state index in [0.29, 0.717) is 0 Å². The fourth-order valence-corrected chi connectivity index (χ4v) is 0.164. The molecule has 52 valence electrons. The summed E-state index contributed by atoms with van der Waals surface area (Å²) < 4.78 is 0. The van der Waals surface area contributed by atoms with E-state index in [9.17, 15) is 4.79 Å². The van der Waals surface area contributed by atoms with Crippen molar-refractivity contribution in [3.63, 3.8) is 0 Å². The fourth-order valence-electron chi connectivity index (χ4n) is 0.164. The third kappa shape index (κ3) is 4.56. The zero-order chi connectivity index (χ0) is 7.28. The highest BCUT2D eigenvalue weighted by Gasteiger charge is 1.86. The summed E-state index contributed by atoms with van der Waals surface area (Å²) in [5.74, 6) is -0.613. The predicted molar refractivity (Wildman–Crippen MR) is 30.4 cm³/mol. The first-order valence-corrected chi connectivity index (χ1v) is 2.16. The second-order valence-corrected chi connectivity index (χ2v) is 1.28. The minimum atomic E-state index is -0.354. The van der Waals surface area contributed by atoms with Crippen molar-refractivity contribution in [3.8, 4) is 0 Å². The van der Waals surface area contributed by atoms with Crippen LogP contribution in [0.3, 0.4) is 0 Å². The van der Waals surface area contributed by atoms with Crippen molar-refractivity contribution in [1.29, 1.82) is 0 Å². The van der Waals surface area contributed by atoms with Gasteiger partial charge in [0.05, 0.1) is 0 Å². The highest BCUT2D eigenvalue weighted by atomic mass is 16.5. The quantitative estimate of drug-likeness (QED) is 0.195. The lowest BCUT2D eigenvalue weighted by Gasteiger charge is -1.94. The van der Waals surface area contributed by atoms with Gasteiger partial charge in [0.1, 0.15) is 0 Å². The number of guanidine groups is 1. The summed E-state index contributed by atoms with van der Waals surface area (Å²) in [6.07, 6.45) is 0. The first-order valence-electron chi connectivity index (χ1n) is 2.16. The molecule has 0 saturated carbocycles. The maximum Gasteiger partial charge on any atom is 0.237 e. The molecule has 0 unspecified atom stereocenters. The smallest absolute Gasteiger partial charge is 0.237 e. The fraction of sp³-hybridized carbons (Fsp3) is 0.333. The van der Waals surface area contributed by atoms with Crippen molar-refractivity contribution >= 4 is 11.9 Å². The number of hydrazone groups is 1. The van der Waals surface area contributed by atoms with E-state index in [0.717, 1.165) is 0 Å². The highest BCUT2D eigenvalue weighted by Crippen LogP contribution is 1.59. The van der Waals surface area contributed by atoms with Crippen LogP contribution in [0.5, 0.6) is 0 Å². The second kappa shape index (κ2) is 3.67. The first kappa shape index (κ1) is 7.70. The lowest BCUT2D eigenvalue weighted by atomic mass is 10.8. The molecule has 0 rings (SSSR count). The molecule has 0 atom stereocenters. The predicted octanol–water partition coefficient (Wildman–Crippen LogP) is -1.67. The van der Waals surface area contributed by atoms with Crippen LogP contribution in [0, 0.1) is 0 Å². The number of nitrogens with one attached hydrogen (secondary N) is 2. The molecule has 0 radical (unpaired) electrons. The minimum absolute atomic E-state index is 0.259. The van der Waals surface area contributed by atoms with Crippen LogP contribution in [0.2, 0.25) is 0 Å². The molecule has 0 spiro atoms. The van der Waals surface area contributed by atoms with Gasteiger partial charge in [-0.2, -0.15) is 0 Å². The van der Waals surface area contributed by atoms with Gasteiger partial charge in [-0.3, -0.25) is 10.0 Å². The van der Waals surface area contributed by atoms with Crippen LogP contribution in [-0.2, 0) is 4.79 Å². The lowest BCUT2D eigenvalue weighted by Crippen LogP contribution is -2.31. The Bertz CT molecular complexity index is 132. The Morgan fingerprint density at radius 2 is 2.33 bits per heavy atom. The van der Waals surface area contributed by atoms with E-state index in [1.807, 2.05) is 5.43 Å². The van der Waals surface area contributed by atoms with Gasteiger partial charge in [0.25, 0.3) is 0 Å². The van der Waals surface area contributed by atoms with E-state index >= 15 is 0 Å². The van der Waals surface area contributed by atoms with Crippen LogP contribution in [0.25, 0.3) is 0 Å². The van der Waals surface area contributed by atoms with E-state index in [1.165, 1.54) is 12.4 Å². The Balaban J connectivity index is 3.56. The summed E-state index contributed by atoms with van der Waals surface area (Å²) >= 11 is 0. The van der Waals surface area contributed by atoms with E-state index < -0.39 is 0 Å². The molecular weight excluding hydrogens is 124 g/mol. The Morgan fingerprint density at radius 1 is 1.78 bits per heavy atom. The zero-order valence-electron chi connectivity index (χ0n) is 4.88. The minimum Gasteiger partial charge on any atom is -0.367 e. The standard InChI is InChI=1S/C3H8N4O2/c1-2(8)5-6-3(4)7-9/h9H,1H3,(H,5,8)(H3,4,6,7). The number of nitrogens with zero attached hydrogens (tertiary/aromatic N) is 1. The molecular formula is C3H8N4O2. The van der Waals surface area contributed by atoms with E-state index in [-0.39, 0.29) is 11.9 Å². The third-order valence-corrected chi connectivity index (χ3v) is 0.448. The Kier molecular flexibility index (Phi) is 3.14. The van der Waals surface area contributed by atoms with Gasteiger partial charge < -0.3 is 5.73 Å². The number of hydroxylamine groups is 1. The van der Waals surface area contributed by atoms with Gasteiger partial charge in [0.2, 0.25) is 11.9 Å². The highest BCUT2D eigenvalue weighted by molar-refractivity contribution is 5.79. The summed E-state index contributed by atoms with van der Waals surface area (Å²) in [7, 11) is 0. The maximum atomic E-state index is 10.1. The molecule has 0 bridgehead atoms. The molecule has 0 aromatic heterocycles. The first-order chi connectivity index (χ1) is 4.16. The van der Waals surface area contributed by atoms with Crippen molar-refractivity contribution in [2.24, 2.45) is 10.8 Å². The van der Waals surface area contributed by atoms with Gasteiger partial charge in [0, 0.05) is 6.92 Å². The van der Waals surface area contributed by atoms with Crippen LogP contribution in [0.4, 0.5) is 0 Å². The van der Waals surface area contributed by atoms with Crippen LogP contribution in [0.15, 0.2) is 5.10 Å². The molecule has 0 aliphatic rings. The molecule has 0 aliphatic carbocycles. The summed E-state index contributed by atoms with van der Waals surface area (Å²) in [5.41, 5.74) is 8.43. The van der Waals surface area contributed by atoms with E-state index in [4.69, 9.17) is 10.9 Å².